The summed E-state index contributed by atoms with van der Waals surface area (Å²) >= 11 is 0. The second-order valence-electron chi connectivity index (χ2n) is 6.29. The van der Waals surface area contributed by atoms with Crippen LogP contribution in [0.15, 0.2) is 41.7 Å². The van der Waals surface area contributed by atoms with Crippen LogP contribution in [0.1, 0.15) is 31.4 Å². The first kappa shape index (κ1) is 19.8. The first-order valence-electron chi connectivity index (χ1n) is 9.31. The van der Waals surface area contributed by atoms with Crippen molar-refractivity contribution in [2.75, 3.05) is 26.7 Å². The Balaban J connectivity index is 1.87. The SMILES string of the molecule is CCNC(=NCCCc1cnn(C)c1)N(C)Cc1ccc(OCC)cc1. The maximum atomic E-state index is 5.50. The van der Waals surface area contributed by atoms with Gasteiger partial charge in [-0.15, -0.1) is 0 Å². The summed E-state index contributed by atoms with van der Waals surface area (Å²) in [4.78, 5) is 6.91. The Morgan fingerprint density at radius 3 is 2.62 bits per heavy atom. The van der Waals surface area contributed by atoms with Gasteiger partial charge in [0.05, 0.1) is 12.8 Å². The van der Waals surface area contributed by atoms with Gasteiger partial charge in [-0.1, -0.05) is 12.1 Å². The topological polar surface area (TPSA) is 54.7 Å². The van der Waals surface area contributed by atoms with Crippen molar-refractivity contribution in [3.63, 3.8) is 0 Å². The van der Waals surface area contributed by atoms with Crippen molar-refractivity contribution in [2.24, 2.45) is 12.0 Å². The van der Waals surface area contributed by atoms with Gasteiger partial charge in [-0.25, -0.2) is 0 Å². The van der Waals surface area contributed by atoms with E-state index in [4.69, 9.17) is 9.73 Å². The predicted molar refractivity (Wildman–Crippen MR) is 107 cm³/mol. The van der Waals surface area contributed by atoms with E-state index >= 15 is 0 Å². The Bertz CT molecular complexity index is 678. The van der Waals surface area contributed by atoms with Crippen LogP contribution in [0.5, 0.6) is 5.75 Å². The van der Waals surface area contributed by atoms with Crippen molar-refractivity contribution in [1.82, 2.24) is 20.0 Å². The van der Waals surface area contributed by atoms with Gasteiger partial charge in [-0.05, 0) is 49.9 Å². The molecule has 0 aliphatic heterocycles. The largest absolute Gasteiger partial charge is 0.494 e. The summed E-state index contributed by atoms with van der Waals surface area (Å²) in [5.74, 6) is 1.85. The molecule has 0 fully saturated rings. The monoisotopic (exact) mass is 357 g/mol. The first-order valence-corrected chi connectivity index (χ1v) is 9.31. The van der Waals surface area contributed by atoms with Crippen LogP contribution in [0.3, 0.4) is 0 Å². The summed E-state index contributed by atoms with van der Waals surface area (Å²) in [5, 5.41) is 7.58. The molecular formula is C20H31N5O. The van der Waals surface area contributed by atoms with Gasteiger partial charge in [-0.2, -0.15) is 5.10 Å². The van der Waals surface area contributed by atoms with E-state index in [1.165, 1.54) is 11.1 Å². The summed E-state index contributed by atoms with van der Waals surface area (Å²) in [6.07, 6.45) is 6.00. The fourth-order valence-electron chi connectivity index (χ4n) is 2.75. The van der Waals surface area contributed by atoms with Crippen molar-refractivity contribution in [2.45, 2.75) is 33.2 Å². The highest BCUT2D eigenvalue weighted by atomic mass is 16.5. The van der Waals surface area contributed by atoms with Crippen molar-refractivity contribution < 1.29 is 4.74 Å². The van der Waals surface area contributed by atoms with Crippen molar-refractivity contribution in [3.8, 4) is 5.75 Å². The van der Waals surface area contributed by atoms with E-state index in [-0.39, 0.29) is 0 Å². The second-order valence-corrected chi connectivity index (χ2v) is 6.29. The molecule has 2 rings (SSSR count). The fourth-order valence-corrected chi connectivity index (χ4v) is 2.75. The van der Waals surface area contributed by atoms with Crippen molar-refractivity contribution in [1.29, 1.82) is 0 Å². The summed E-state index contributed by atoms with van der Waals surface area (Å²) in [7, 11) is 4.01. The number of ether oxygens (including phenoxy) is 1. The van der Waals surface area contributed by atoms with Crippen LogP contribution in [0.2, 0.25) is 0 Å². The third-order valence-electron chi connectivity index (χ3n) is 3.99. The zero-order valence-electron chi connectivity index (χ0n) is 16.4. The molecule has 0 spiro atoms. The Hall–Kier alpha value is -2.50. The number of aromatic nitrogens is 2. The van der Waals surface area contributed by atoms with Crippen LogP contribution in [0.25, 0.3) is 0 Å². The number of rotatable bonds is 9. The minimum Gasteiger partial charge on any atom is -0.494 e. The van der Waals surface area contributed by atoms with E-state index in [2.05, 4.69) is 47.6 Å². The van der Waals surface area contributed by atoms with E-state index in [1.54, 1.807) is 0 Å². The summed E-state index contributed by atoms with van der Waals surface area (Å²) in [6, 6.07) is 8.25. The van der Waals surface area contributed by atoms with Crippen LogP contribution in [-0.2, 0) is 20.0 Å². The van der Waals surface area contributed by atoms with Gasteiger partial charge in [0.15, 0.2) is 5.96 Å². The molecule has 0 saturated heterocycles. The number of benzene rings is 1. The molecule has 1 heterocycles. The molecule has 142 valence electrons. The summed E-state index contributed by atoms with van der Waals surface area (Å²) < 4.78 is 7.34. The Morgan fingerprint density at radius 2 is 2.00 bits per heavy atom. The number of nitrogens with zero attached hydrogens (tertiary/aromatic N) is 4. The standard InChI is InChI=1S/C20H31N5O/c1-5-21-20(22-13-7-8-18-14-23-25(4)16-18)24(3)15-17-9-11-19(12-10-17)26-6-2/h9-12,14,16H,5-8,13,15H2,1-4H3,(H,21,22). The van der Waals surface area contributed by atoms with Gasteiger partial charge < -0.3 is 15.0 Å². The molecule has 26 heavy (non-hydrogen) atoms. The summed E-state index contributed by atoms with van der Waals surface area (Å²) in [6.45, 7) is 7.24. The number of nitrogens with one attached hydrogen (secondary N) is 1. The average molecular weight is 358 g/mol. The van der Waals surface area contributed by atoms with E-state index < -0.39 is 0 Å². The molecule has 6 heteroatoms. The lowest BCUT2D eigenvalue weighted by atomic mass is 10.2. The van der Waals surface area contributed by atoms with Gasteiger partial charge in [0.25, 0.3) is 0 Å². The lowest BCUT2D eigenvalue weighted by Gasteiger charge is -2.22. The molecule has 0 bridgehead atoms. The number of hydrogen-bond acceptors (Lipinski definition) is 3. The molecular weight excluding hydrogens is 326 g/mol. The maximum absolute atomic E-state index is 5.50. The maximum Gasteiger partial charge on any atom is 0.193 e. The molecule has 0 amide bonds. The van der Waals surface area contributed by atoms with Gasteiger partial charge >= 0.3 is 0 Å². The van der Waals surface area contributed by atoms with Gasteiger partial charge in [0, 0.05) is 39.9 Å². The van der Waals surface area contributed by atoms with Crippen molar-refractivity contribution >= 4 is 5.96 Å². The van der Waals surface area contributed by atoms with Gasteiger partial charge in [-0.3, -0.25) is 9.67 Å². The van der Waals surface area contributed by atoms with Crippen LogP contribution in [0, 0.1) is 0 Å². The lowest BCUT2D eigenvalue weighted by Crippen LogP contribution is -2.38. The molecule has 1 N–H and O–H groups in total. The van der Waals surface area contributed by atoms with Crippen molar-refractivity contribution in [3.05, 3.63) is 47.8 Å². The Labute approximate surface area is 156 Å². The van der Waals surface area contributed by atoms with Crippen LogP contribution < -0.4 is 10.1 Å². The highest BCUT2D eigenvalue weighted by molar-refractivity contribution is 5.79. The normalized spacial score (nSPS) is 11.5. The van der Waals surface area contributed by atoms with Crippen LogP contribution >= 0.6 is 0 Å². The zero-order valence-corrected chi connectivity index (χ0v) is 16.4. The molecule has 2 aromatic rings. The quantitative estimate of drug-likeness (QED) is 0.426. The fraction of sp³-hybridized carbons (Fsp3) is 0.500. The molecule has 0 aliphatic rings. The zero-order chi connectivity index (χ0) is 18.8. The summed E-state index contributed by atoms with van der Waals surface area (Å²) in [5.41, 5.74) is 2.49. The number of aryl methyl sites for hydroxylation is 2. The molecule has 0 radical (unpaired) electrons. The molecule has 1 aromatic carbocycles. The lowest BCUT2D eigenvalue weighted by molar-refractivity contribution is 0.340. The highest BCUT2D eigenvalue weighted by Gasteiger charge is 2.07. The molecule has 6 nitrogen and oxygen atoms in total. The van der Waals surface area contributed by atoms with Gasteiger partial charge in [0.1, 0.15) is 5.75 Å². The molecule has 1 aromatic heterocycles. The highest BCUT2D eigenvalue weighted by Crippen LogP contribution is 2.13. The second kappa shape index (κ2) is 10.5. The minimum absolute atomic E-state index is 0.690. The van der Waals surface area contributed by atoms with Gasteiger partial charge in [0.2, 0.25) is 0 Å². The first-order chi connectivity index (χ1) is 12.6. The van der Waals surface area contributed by atoms with E-state index in [0.29, 0.717) is 6.61 Å². The Kier molecular flexibility index (Phi) is 7.99. The number of hydrogen-bond donors (Lipinski definition) is 1. The molecule has 0 aliphatic carbocycles. The smallest absolute Gasteiger partial charge is 0.193 e. The van der Waals surface area contributed by atoms with E-state index in [1.807, 2.05) is 37.0 Å². The molecule has 0 unspecified atom stereocenters. The number of aliphatic imine (C=N–C) groups is 1. The number of guanidine groups is 1. The molecule has 0 saturated carbocycles. The predicted octanol–water partition coefficient (Wildman–Crippen LogP) is 2.85. The minimum atomic E-state index is 0.690. The Morgan fingerprint density at radius 1 is 1.23 bits per heavy atom. The molecule has 0 atom stereocenters. The van der Waals surface area contributed by atoms with E-state index in [9.17, 15) is 0 Å². The van der Waals surface area contributed by atoms with Crippen LogP contribution in [0.4, 0.5) is 0 Å². The van der Waals surface area contributed by atoms with Crippen LogP contribution in [-0.4, -0.2) is 47.4 Å². The average Bonchev–Trinajstić information content (AvgIpc) is 3.05. The third kappa shape index (κ3) is 6.43. The third-order valence-corrected chi connectivity index (χ3v) is 3.99. The van der Waals surface area contributed by atoms with E-state index in [0.717, 1.165) is 44.2 Å².